The molecule has 0 aliphatic heterocycles. The Hall–Kier alpha value is -13.1. The second kappa shape index (κ2) is 36.3. The average molecular weight is 1480 g/mol. The van der Waals surface area contributed by atoms with E-state index in [1.807, 2.05) is 162 Å². The number of hydrogen-bond acceptors (Lipinski definition) is 24. The third-order valence-corrected chi connectivity index (χ3v) is 16.6. The topological polar surface area (TPSA) is 451 Å². The van der Waals surface area contributed by atoms with Crippen molar-refractivity contribution in [3.8, 4) is 0 Å². The molecule has 33 nitrogen and oxygen atoms in total. The lowest BCUT2D eigenvalue weighted by Gasteiger charge is -2.13. The zero-order valence-electron chi connectivity index (χ0n) is 62.5. The summed E-state index contributed by atoms with van der Waals surface area (Å²) in [5.74, 6) is -0.0529. The summed E-state index contributed by atoms with van der Waals surface area (Å²) in [6.45, 7) is 19.0. The molecule has 12 rings (SSSR count). The molecule has 0 bridgehead atoms. The second-order valence-corrected chi connectivity index (χ2v) is 26.1. The fourth-order valence-electron chi connectivity index (χ4n) is 11.4. The molecule has 0 atom stereocenters. The van der Waals surface area contributed by atoms with Crippen LogP contribution in [0.1, 0.15) is 108 Å². The normalized spacial score (nSPS) is 11.5. The van der Waals surface area contributed by atoms with Gasteiger partial charge in [0.05, 0.1) is 85.3 Å². The number of hydrogen-bond donors (Lipinski definition) is 14. The maximum absolute atomic E-state index is 12.9. The Morgan fingerprint density at radius 2 is 0.697 bits per heavy atom. The molecule has 0 radical (unpaired) electrons. The quantitative estimate of drug-likeness (QED) is 0.0224. The van der Waals surface area contributed by atoms with Gasteiger partial charge < -0.3 is 73.0 Å². The van der Waals surface area contributed by atoms with Gasteiger partial charge in [-0.1, -0.05) is 36.4 Å². The summed E-state index contributed by atoms with van der Waals surface area (Å²) in [4.78, 5) is 100. The van der Waals surface area contributed by atoms with E-state index in [1.54, 1.807) is 60.9 Å². The van der Waals surface area contributed by atoms with E-state index in [2.05, 4.69) is 113 Å². The third kappa shape index (κ3) is 20.3. The number of rotatable bonds is 26. The summed E-state index contributed by atoms with van der Waals surface area (Å²) in [7, 11) is 5.69. The molecule has 6 aromatic heterocycles. The highest BCUT2D eigenvalue weighted by Crippen LogP contribution is 2.35. The highest BCUT2D eigenvalue weighted by molar-refractivity contribution is 5.96. The lowest BCUT2D eigenvalue weighted by Crippen LogP contribution is -2.14. The van der Waals surface area contributed by atoms with Gasteiger partial charge in [0.2, 0.25) is 35.6 Å². The Balaban J connectivity index is 0.000000174. The fraction of sp³-hybridized carbons (Fsp3) is 0.263. The molecule has 0 fully saturated rings. The number of aromatic nitrogens is 10. The van der Waals surface area contributed by atoms with Crippen LogP contribution in [0.25, 0.3) is 33.2 Å². The molecule has 109 heavy (non-hydrogen) atoms. The molecule has 0 spiro atoms. The van der Waals surface area contributed by atoms with E-state index in [0.717, 1.165) is 47.5 Å². The molecule has 16 N–H and O–H groups in total. The zero-order chi connectivity index (χ0) is 78.0. The smallest absolute Gasteiger partial charge is 0.280 e. The number of amides is 3. The third-order valence-electron chi connectivity index (χ3n) is 16.6. The van der Waals surface area contributed by atoms with Gasteiger partial charge in [-0.15, -0.1) is 0 Å². The number of imidazole rings is 1. The number of nitrogens with one attached hydrogen (secondary N) is 12. The van der Waals surface area contributed by atoms with Crippen molar-refractivity contribution in [1.82, 2.24) is 64.5 Å². The van der Waals surface area contributed by atoms with Gasteiger partial charge in [-0.2, -0.15) is 45.6 Å². The number of azo groups is 3. The first-order valence-electron chi connectivity index (χ1n) is 35.1. The Kier molecular flexibility index (Phi) is 26.1. The van der Waals surface area contributed by atoms with Gasteiger partial charge in [-0.3, -0.25) is 43.7 Å². The van der Waals surface area contributed by atoms with Gasteiger partial charge in [0.25, 0.3) is 16.7 Å². The Bertz CT molecular complexity index is 5290. The van der Waals surface area contributed by atoms with Crippen molar-refractivity contribution < 1.29 is 14.4 Å². The lowest BCUT2D eigenvalue weighted by atomic mass is 10.2. The standard InChI is InChI=1S/2C26H31N9O2.C24H27N9O2/c2*1-15(2)35-14-18(12-27)23-24(35)31-26(32-25(23)37)30-22-11-20(9-10-21(22)29-16(3)36)34-33-19-7-5-17(6-8-19)13-28-4;1-14(2)33-13-26-21-22(33)29-24(30-23(21)35)28-20-11-18(9-10-19(20)27-15(3)34)32-31-17-7-5-16(6-8-17)12-25-4/h2*5-11,14-15,28H,12-13,27H2,1-4H3,(H,29,36)(H2,30,31,32,37);5-11,13-14,25H,12H2,1-4H3,(H,27,34)(H2,28,29,30,35). The van der Waals surface area contributed by atoms with E-state index in [0.29, 0.717) is 96.0 Å². The molecule has 6 aromatic carbocycles. The van der Waals surface area contributed by atoms with Crippen molar-refractivity contribution in [3.05, 3.63) is 205 Å². The molecule has 0 saturated carbocycles. The van der Waals surface area contributed by atoms with Crippen molar-refractivity contribution in [3.63, 3.8) is 0 Å². The summed E-state index contributed by atoms with van der Waals surface area (Å²) >= 11 is 0. The van der Waals surface area contributed by atoms with Crippen LogP contribution in [0.2, 0.25) is 0 Å². The molecule has 12 aromatic rings. The van der Waals surface area contributed by atoms with Crippen LogP contribution < -0.4 is 76.0 Å². The molecule has 0 aliphatic carbocycles. The molecule has 0 aliphatic rings. The number of anilines is 9. The highest BCUT2D eigenvalue weighted by atomic mass is 16.2. The predicted octanol–water partition coefficient (Wildman–Crippen LogP) is 13.7. The number of carbonyl (C=O) groups excluding carboxylic acids is 3. The number of benzene rings is 6. The van der Waals surface area contributed by atoms with Crippen LogP contribution in [-0.2, 0) is 47.1 Å². The van der Waals surface area contributed by atoms with Gasteiger partial charge in [0.1, 0.15) is 11.3 Å². The molecular weight excluding hydrogens is 1390 g/mol. The molecule has 33 heteroatoms. The van der Waals surface area contributed by atoms with E-state index in [1.165, 1.54) is 20.8 Å². The Labute approximate surface area is 626 Å². The molecule has 3 amide bonds. The minimum Gasteiger partial charge on any atom is -0.329 e. The van der Waals surface area contributed by atoms with Gasteiger partial charge >= 0.3 is 0 Å². The van der Waals surface area contributed by atoms with E-state index >= 15 is 0 Å². The van der Waals surface area contributed by atoms with Crippen molar-refractivity contribution >= 4 is 137 Å². The Morgan fingerprint density at radius 3 is 0.991 bits per heavy atom. The van der Waals surface area contributed by atoms with Crippen LogP contribution in [-0.4, -0.2) is 87.5 Å². The molecule has 564 valence electrons. The van der Waals surface area contributed by atoms with Crippen molar-refractivity contribution in [1.29, 1.82) is 0 Å². The predicted molar refractivity (Wildman–Crippen MR) is 428 cm³/mol. The largest absolute Gasteiger partial charge is 0.329 e. The monoisotopic (exact) mass is 1480 g/mol. The van der Waals surface area contributed by atoms with Gasteiger partial charge in [-0.05, 0) is 181 Å². The fourth-order valence-corrected chi connectivity index (χ4v) is 11.4. The summed E-state index contributed by atoms with van der Waals surface area (Å²) in [5.41, 5.74) is 24.2. The molecule has 0 unspecified atom stereocenters. The molecule has 6 heterocycles. The summed E-state index contributed by atoms with van der Waals surface area (Å²) in [6.07, 6.45) is 5.31. The van der Waals surface area contributed by atoms with Crippen molar-refractivity contribution in [2.75, 3.05) is 53.0 Å². The SMILES string of the molecule is CNCc1ccc(N=Nc2ccc(NC(C)=O)c(Nc3nc4c(c(CN)cn4C(C)C)c(=O)[nH]3)c2)cc1.CNCc1ccc(N=Nc2ccc(NC(C)=O)c(Nc3nc4c(c(CN)cn4C(C)C)c(=O)[nH]3)c2)cc1.CNCc1ccc(N=Nc2ccc(NC(C)=O)c(Nc3nc4c(ncn4C(C)C)c(=O)[nH]3)c2)cc1. The van der Waals surface area contributed by atoms with E-state index in [4.69, 9.17) is 11.5 Å². The second-order valence-electron chi connectivity index (χ2n) is 26.1. The summed E-state index contributed by atoms with van der Waals surface area (Å²) < 4.78 is 5.65. The van der Waals surface area contributed by atoms with Crippen molar-refractivity contribution in [2.45, 2.75) is 113 Å². The zero-order valence-corrected chi connectivity index (χ0v) is 62.5. The average Bonchev–Trinajstić information content (AvgIpc) is 1.64. The van der Waals surface area contributed by atoms with Gasteiger partial charge in [0, 0.05) is 84.0 Å². The van der Waals surface area contributed by atoms with Crippen LogP contribution in [0.3, 0.4) is 0 Å². The number of H-pyrrole nitrogens is 3. The first kappa shape index (κ1) is 78.5. The number of nitrogens with zero attached hydrogens (tertiary/aromatic N) is 13. The maximum Gasteiger partial charge on any atom is 0.280 e. The summed E-state index contributed by atoms with van der Waals surface area (Å²) in [5, 5.41) is 53.9. The maximum atomic E-state index is 12.9. The minimum absolute atomic E-state index is 0.0770. The van der Waals surface area contributed by atoms with Gasteiger partial charge in [0.15, 0.2) is 11.2 Å². The van der Waals surface area contributed by atoms with E-state index in [9.17, 15) is 28.8 Å². The Morgan fingerprint density at radius 1 is 0.404 bits per heavy atom. The molecule has 0 saturated heterocycles. The first-order chi connectivity index (χ1) is 52.4. The molecular formula is C76H89N27O6. The number of nitrogens with two attached hydrogens (primary N) is 2. The van der Waals surface area contributed by atoms with Crippen molar-refractivity contribution in [2.24, 2.45) is 42.2 Å². The van der Waals surface area contributed by atoms with Crippen LogP contribution in [0.5, 0.6) is 0 Å². The number of fused-ring (bicyclic) bond motifs is 3. The number of carbonyl (C=O) groups is 3. The first-order valence-corrected chi connectivity index (χ1v) is 35.1. The summed E-state index contributed by atoms with van der Waals surface area (Å²) in [6, 6.07) is 39.0. The van der Waals surface area contributed by atoms with Crippen LogP contribution in [0.4, 0.5) is 86.1 Å². The number of aromatic amines is 3. The lowest BCUT2D eigenvalue weighted by molar-refractivity contribution is -0.115. The van der Waals surface area contributed by atoms with E-state index in [-0.39, 0.29) is 89.0 Å². The van der Waals surface area contributed by atoms with Crippen LogP contribution >= 0.6 is 0 Å². The van der Waals surface area contributed by atoms with Gasteiger partial charge in [-0.25, -0.2) is 4.98 Å². The van der Waals surface area contributed by atoms with Crippen LogP contribution in [0.15, 0.2) is 191 Å². The highest BCUT2D eigenvalue weighted by Gasteiger charge is 2.21. The van der Waals surface area contributed by atoms with Crippen LogP contribution in [0, 0.1) is 0 Å². The van der Waals surface area contributed by atoms with E-state index < -0.39 is 0 Å². The minimum atomic E-state index is -0.365.